The molecule has 88 valence electrons. The van der Waals surface area contributed by atoms with Gasteiger partial charge in [0.2, 0.25) is 5.95 Å². The molecule has 6 nitrogen and oxygen atoms in total. The van der Waals surface area contributed by atoms with Crippen LogP contribution in [-0.2, 0) is 4.74 Å². The van der Waals surface area contributed by atoms with Gasteiger partial charge in [0.05, 0.1) is 6.10 Å². The summed E-state index contributed by atoms with van der Waals surface area (Å²) in [5, 5.41) is 0. The van der Waals surface area contributed by atoms with Crippen LogP contribution in [0.25, 0.3) is 0 Å². The third-order valence-corrected chi connectivity index (χ3v) is 3.00. The summed E-state index contributed by atoms with van der Waals surface area (Å²) in [5.41, 5.74) is 4.93. The molecular formula is C10H16N4O2. The quantitative estimate of drug-likeness (QED) is 0.793. The van der Waals surface area contributed by atoms with Crippen molar-refractivity contribution in [1.29, 1.82) is 0 Å². The number of hydrogen-bond donors (Lipinski definition) is 1. The first-order valence-corrected chi connectivity index (χ1v) is 5.48. The number of nitrogens with zero attached hydrogens (tertiary/aromatic N) is 3. The molecule has 3 atom stereocenters. The summed E-state index contributed by atoms with van der Waals surface area (Å²) in [6.45, 7) is 4.20. The third kappa shape index (κ3) is 1.92. The number of nitrogens with two attached hydrogens (primary N) is 1. The van der Waals surface area contributed by atoms with Gasteiger partial charge in [0, 0.05) is 0 Å². The van der Waals surface area contributed by atoms with Crippen LogP contribution in [0.3, 0.4) is 0 Å². The zero-order valence-electron chi connectivity index (χ0n) is 9.46. The standard InChI is InChI=1S/C10H16N4O2/c1-3-7-6(2)4-8(16-7)14-5-12-9(11)13-10(14)15/h5-8H,3-4H2,1-2H3,(H2,11,13,15)/t6?,7-,8+/m1/s1. The predicted octanol–water partition coefficient (Wildman–Crippen LogP) is 0.554. The van der Waals surface area contributed by atoms with E-state index >= 15 is 0 Å². The van der Waals surface area contributed by atoms with Crippen molar-refractivity contribution >= 4 is 5.95 Å². The Labute approximate surface area is 93.5 Å². The molecule has 6 heteroatoms. The molecule has 1 fully saturated rings. The van der Waals surface area contributed by atoms with Crippen LogP contribution in [0.1, 0.15) is 32.9 Å². The van der Waals surface area contributed by atoms with E-state index in [0.717, 1.165) is 12.8 Å². The second-order valence-corrected chi connectivity index (χ2v) is 4.15. The number of rotatable bonds is 2. The lowest BCUT2D eigenvalue weighted by Gasteiger charge is -2.14. The van der Waals surface area contributed by atoms with E-state index in [1.54, 1.807) is 0 Å². The summed E-state index contributed by atoms with van der Waals surface area (Å²) >= 11 is 0. The summed E-state index contributed by atoms with van der Waals surface area (Å²) < 4.78 is 7.18. The number of hydrogen-bond acceptors (Lipinski definition) is 5. The lowest BCUT2D eigenvalue weighted by atomic mass is 10.0. The normalized spacial score (nSPS) is 29.5. The highest BCUT2D eigenvalue weighted by Crippen LogP contribution is 2.33. The van der Waals surface area contributed by atoms with Gasteiger partial charge >= 0.3 is 5.69 Å². The van der Waals surface area contributed by atoms with Gasteiger partial charge in [-0.2, -0.15) is 4.98 Å². The molecule has 1 aromatic heterocycles. The van der Waals surface area contributed by atoms with Gasteiger partial charge in [-0.15, -0.1) is 0 Å². The largest absolute Gasteiger partial charge is 0.368 e. The smallest absolute Gasteiger partial charge is 0.354 e. The number of aromatic nitrogens is 3. The molecule has 0 spiro atoms. The van der Waals surface area contributed by atoms with Gasteiger partial charge in [-0.05, 0) is 18.8 Å². The van der Waals surface area contributed by atoms with Gasteiger partial charge in [-0.25, -0.2) is 9.78 Å². The molecule has 1 unspecified atom stereocenters. The maximum absolute atomic E-state index is 11.6. The van der Waals surface area contributed by atoms with Crippen LogP contribution in [-0.4, -0.2) is 20.6 Å². The van der Waals surface area contributed by atoms with Gasteiger partial charge in [0.25, 0.3) is 0 Å². The van der Waals surface area contributed by atoms with E-state index in [2.05, 4.69) is 23.8 Å². The topological polar surface area (TPSA) is 83.0 Å². The summed E-state index contributed by atoms with van der Waals surface area (Å²) in [6, 6.07) is 0. The van der Waals surface area contributed by atoms with E-state index < -0.39 is 5.69 Å². The van der Waals surface area contributed by atoms with Crippen molar-refractivity contribution in [1.82, 2.24) is 14.5 Å². The lowest BCUT2D eigenvalue weighted by Crippen LogP contribution is -2.28. The molecule has 0 radical (unpaired) electrons. The molecule has 0 saturated carbocycles. The van der Waals surface area contributed by atoms with Gasteiger partial charge in [-0.1, -0.05) is 13.8 Å². The molecule has 1 saturated heterocycles. The van der Waals surface area contributed by atoms with Crippen molar-refractivity contribution in [2.45, 2.75) is 39.0 Å². The van der Waals surface area contributed by atoms with E-state index in [1.807, 2.05) is 0 Å². The third-order valence-electron chi connectivity index (χ3n) is 3.00. The van der Waals surface area contributed by atoms with Crippen molar-refractivity contribution < 1.29 is 4.74 Å². The minimum absolute atomic E-state index is 0.000614. The Morgan fingerprint density at radius 3 is 3.00 bits per heavy atom. The lowest BCUT2D eigenvalue weighted by molar-refractivity contribution is -0.00807. The predicted molar refractivity (Wildman–Crippen MR) is 58.7 cm³/mol. The Hall–Kier alpha value is -1.43. The molecule has 2 N–H and O–H groups in total. The number of anilines is 1. The Bertz CT molecular complexity index is 431. The highest BCUT2D eigenvalue weighted by molar-refractivity contribution is 5.09. The summed E-state index contributed by atoms with van der Waals surface area (Å²) in [7, 11) is 0. The second-order valence-electron chi connectivity index (χ2n) is 4.15. The molecule has 1 aliphatic rings. The van der Waals surface area contributed by atoms with Crippen LogP contribution in [0.2, 0.25) is 0 Å². The first-order chi connectivity index (χ1) is 7.61. The SMILES string of the molecule is CC[C@H]1O[C@H](n2cnc(N)nc2=O)CC1C. The molecule has 1 aliphatic heterocycles. The maximum atomic E-state index is 11.6. The van der Waals surface area contributed by atoms with Crippen LogP contribution >= 0.6 is 0 Å². The van der Waals surface area contributed by atoms with E-state index in [0.29, 0.717) is 5.92 Å². The van der Waals surface area contributed by atoms with Crippen LogP contribution in [0.15, 0.2) is 11.1 Å². The zero-order valence-corrected chi connectivity index (χ0v) is 9.46. The molecule has 1 aromatic rings. The van der Waals surface area contributed by atoms with E-state index in [-0.39, 0.29) is 18.3 Å². The minimum Gasteiger partial charge on any atom is -0.368 e. The van der Waals surface area contributed by atoms with Crippen molar-refractivity contribution in [3.63, 3.8) is 0 Å². The summed E-state index contributed by atoms with van der Waals surface area (Å²) in [6.07, 6.45) is 3.11. The zero-order chi connectivity index (χ0) is 11.7. The van der Waals surface area contributed by atoms with Gasteiger partial charge < -0.3 is 10.5 Å². The summed E-state index contributed by atoms with van der Waals surface area (Å²) in [4.78, 5) is 19.0. The molecule has 16 heavy (non-hydrogen) atoms. The first kappa shape index (κ1) is 11.1. The Balaban J connectivity index is 2.23. The van der Waals surface area contributed by atoms with Gasteiger partial charge in [0.15, 0.2) is 0 Å². The van der Waals surface area contributed by atoms with Crippen molar-refractivity contribution in [2.75, 3.05) is 5.73 Å². The van der Waals surface area contributed by atoms with E-state index in [4.69, 9.17) is 10.5 Å². The Kier molecular flexibility index (Phi) is 2.91. The number of nitrogen functional groups attached to an aromatic ring is 1. The Morgan fingerprint density at radius 1 is 1.69 bits per heavy atom. The van der Waals surface area contributed by atoms with Crippen LogP contribution < -0.4 is 11.4 Å². The molecule has 0 bridgehead atoms. The molecule has 0 aromatic carbocycles. The van der Waals surface area contributed by atoms with E-state index in [9.17, 15) is 4.79 Å². The molecule has 0 aliphatic carbocycles. The van der Waals surface area contributed by atoms with Crippen molar-refractivity contribution in [3.8, 4) is 0 Å². The Morgan fingerprint density at radius 2 is 2.44 bits per heavy atom. The van der Waals surface area contributed by atoms with Gasteiger partial charge in [0.1, 0.15) is 12.6 Å². The second kappa shape index (κ2) is 4.21. The van der Waals surface area contributed by atoms with Crippen molar-refractivity contribution in [3.05, 3.63) is 16.8 Å². The average Bonchev–Trinajstić information content (AvgIpc) is 2.59. The first-order valence-electron chi connectivity index (χ1n) is 5.48. The fourth-order valence-corrected chi connectivity index (χ4v) is 2.09. The minimum atomic E-state index is -0.401. The van der Waals surface area contributed by atoms with Crippen LogP contribution in [0.4, 0.5) is 5.95 Å². The highest BCUT2D eigenvalue weighted by Gasteiger charge is 2.32. The van der Waals surface area contributed by atoms with Crippen molar-refractivity contribution in [2.24, 2.45) is 5.92 Å². The van der Waals surface area contributed by atoms with Crippen LogP contribution in [0, 0.1) is 5.92 Å². The van der Waals surface area contributed by atoms with E-state index in [1.165, 1.54) is 10.9 Å². The molecule has 0 amide bonds. The average molecular weight is 224 g/mol. The maximum Gasteiger partial charge on any atom is 0.354 e. The molecular weight excluding hydrogens is 208 g/mol. The molecule has 2 rings (SSSR count). The highest BCUT2D eigenvalue weighted by atomic mass is 16.5. The fourth-order valence-electron chi connectivity index (χ4n) is 2.09. The fraction of sp³-hybridized carbons (Fsp3) is 0.700. The van der Waals surface area contributed by atoms with Gasteiger partial charge in [-0.3, -0.25) is 4.57 Å². The van der Waals surface area contributed by atoms with Crippen LogP contribution in [0.5, 0.6) is 0 Å². The monoisotopic (exact) mass is 224 g/mol. The molecule has 2 heterocycles. The summed E-state index contributed by atoms with van der Waals surface area (Å²) in [5.74, 6) is 0.443. The number of ether oxygens (including phenoxy) is 1.